The molecule has 0 aliphatic heterocycles. The highest BCUT2D eigenvalue weighted by molar-refractivity contribution is 5.96. The summed E-state index contributed by atoms with van der Waals surface area (Å²) in [5.41, 5.74) is 20.8. The van der Waals surface area contributed by atoms with Crippen molar-refractivity contribution in [3.63, 3.8) is 0 Å². The van der Waals surface area contributed by atoms with Crippen molar-refractivity contribution < 1.29 is 4.42 Å². The van der Waals surface area contributed by atoms with Gasteiger partial charge >= 0.3 is 0 Å². The Kier molecular flexibility index (Phi) is 7.91. The normalized spacial score (nSPS) is 11.2. The van der Waals surface area contributed by atoms with Gasteiger partial charge in [0.1, 0.15) is 5.52 Å². The number of rotatable bonds is 7. The Hall–Kier alpha value is -7.11. The Balaban J connectivity index is 1.00. The molecule has 2 N–H and O–H groups in total. The lowest BCUT2D eigenvalue weighted by Crippen LogP contribution is -1.95. The summed E-state index contributed by atoms with van der Waals surface area (Å²) in [5.74, 6) is 1.30. The van der Waals surface area contributed by atoms with E-state index in [2.05, 4.69) is 78.9 Å². The average Bonchev–Trinajstić information content (AvgIpc) is 3.67. The molecule has 0 saturated heterocycles. The summed E-state index contributed by atoms with van der Waals surface area (Å²) in [6.45, 7) is 0. The first-order valence-corrected chi connectivity index (χ1v) is 17.2. The molecule has 0 amide bonds. The van der Waals surface area contributed by atoms with Crippen LogP contribution >= 0.6 is 0 Å². The van der Waals surface area contributed by atoms with Crippen LogP contribution in [0.5, 0.6) is 0 Å². The molecule has 7 aromatic carbocycles. The van der Waals surface area contributed by atoms with Crippen LogP contribution in [0.3, 0.4) is 0 Å². The molecule has 5 nitrogen and oxygen atoms in total. The van der Waals surface area contributed by atoms with Gasteiger partial charge in [0.25, 0.3) is 0 Å². The van der Waals surface area contributed by atoms with E-state index in [9.17, 15) is 0 Å². The van der Waals surface area contributed by atoms with E-state index in [0.717, 1.165) is 78.1 Å². The number of anilines is 1. The van der Waals surface area contributed by atoms with Crippen LogP contribution in [0.15, 0.2) is 186 Å². The smallest absolute Gasteiger partial charge is 0.227 e. The van der Waals surface area contributed by atoms with Crippen molar-refractivity contribution in [1.29, 1.82) is 0 Å². The minimum Gasteiger partial charge on any atom is -0.436 e. The van der Waals surface area contributed by atoms with E-state index >= 15 is 0 Å². The second-order valence-corrected chi connectivity index (χ2v) is 12.7. The third-order valence-electron chi connectivity index (χ3n) is 9.34. The number of hydrogen-bond acceptors (Lipinski definition) is 5. The van der Waals surface area contributed by atoms with Crippen LogP contribution in [0, 0.1) is 0 Å². The lowest BCUT2D eigenvalue weighted by molar-refractivity contribution is 0.620. The van der Waals surface area contributed by atoms with E-state index in [1.165, 1.54) is 0 Å². The zero-order valence-electron chi connectivity index (χ0n) is 28.1. The molecule has 5 heteroatoms. The average molecular weight is 669 g/mol. The summed E-state index contributed by atoms with van der Waals surface area (Å²) >= 11 is 0. The van der Waals surface area contributed by atoms with Crippen LogP contribution in [0.25, 0.3) is 89.8 Å². The summed E-state index contributed by atoms with van der Waals surface area (Å²) in [5, 5.41) is 0. The highest BCUT2D eigenvalue weighted by Gasteiger charge is 2.16. The molecule has 0 unspecified atom stereocenters. The van der Waals surface area contributed by atoms with Crippen LogP contribution in [0.4, 0.5) is 5.69 Å². The molecule has 246 valence electrons. The zero-order chi connectivity index (χ0) is 34.9. The van der Waals surface area contributed by atoms with Crippen LogP contribution < -0.4 is 5.73 Å². The highest BCUT2D eigenvalue weighted by Crippen LogP contribution is 2.37. The molecule has 0 bridgehead atoms. The summed E-state index contributed by atoms with van der Waals surface area (Å²) in [7, 11) is 0. The molecule has 2 heterocycles. The topological polar surface area (TPSA) is 77.8 Å². The number of para-hydroxylation sites is 1. The number of fused-ring (bicyclic) bond motifs is 1. The second-order valence-electron chi connectivity index (χ2n) is 12.7. The fraction of sp³-hybridized carbons (Fsp3) is 0. The molecule has 0 radical (unpaired) electrons. The Morgan fingerprint density at radius 1 is 0.365 bits per heavy atom. The molecule has 2 aromatic heterocycles. The molecule has 0 atom stereocenters. The van der Waals surface area contributed by atoms with Gasteiger partial charge in [-0.2, -0.15) is 0 Å². The van der Waals surface area contributed by atoms with Gasteiger partial charge in [-0.1, -0.05) is 146 Å². The number of oxazole rings is 1. The highest BCUT2D eigenvalue weighted by atomic mass is 16.3. The Labute approximate surface area is 301 Å². The lowest BCUT2D eigenvalue weighted by atomic mass is 9.95. The van der Waals surface area contributed by atoms with E-state index in [1.54, 1.807) is 0 Å². The van der Waals surface area contributed by atoms with Crippen molar-refractivity contribution in [3.8, 4) is 78.7 Å². The fourth-order valence-corrected chi connectivity index (χ4v) is 6.60. The van der Waals surface area contributed by atoms with Gasteiger partial charge in [-0.25, -0.2) is 15.0 Å². The fourth-order valence-electron chi connectivity index (χ4n) is 6.60. The third kappa shape index (κ3) is 6.01. The first-order valence-electron chi connectivity index (χ1n) is 17.2. The Morgan fingerprint density at radius 2 is 0.865 bits per heavy atom. The molecular weight excluding hydrogens is 637 g/mol. The van der Waals surface area contributed by atoms with Gasteiger partial charge in [-0.3, -0.25) is 0 Å². The molecular formula is C47H32N4O. The molecule has 0 fully saturated rings. The van der Waals surface area contributed by atoms with E-state index in [-0.39, 0.29) is 0 Å². The van der Waals surface area contributed by atoms with Crippen molar-refractivity contribution in [3.05, 3.63) is 182 Å². The minimum atomic E-state index is 0.590. The number of nitrogens with zero attached hydrogens (tertiary/aromatic N) is 3. The number of nitrogen functional groups attached to an aromatic ring is 1. The van der Waals surface area contributed by atoms with E-state index in [1.807, 2.05) is 103 Å². The van der Waals surface area contributed by atoms with Crippen molar-refractivity contribution in [2.75, 3.05) is 5.73 Å². The summed E-state index contributed by atoms with van der Waals surface area (Å²) in [4.78, 5) is 14.8. The maximum atomic E-state index is 6.57. The summed E-state index contributed by atoms with van der Waals surface area (Å²) in [6, 6.07) is 61.8. The number of nitrogens with two attached hydrogens (primary N) is 1. The zero-order valence-corrected chi connectivity index (χ0v) is 28.1. The maximum Gasteiger partial charge on any atom is 0.227 e. The van der Waals surface area contributed by atoms with E-state index < -0.39 is 0 Å². The first-order chi connectivity index (χ1) is 25.7. The monoisotopic (exact) mass is 668 g/mol. The molecule has 9 aromatic rings. The van der Waals surface area contributed by atoms with Crippen molar-refractivity contribution in [1.82, 2.24) is 15.0 Å². The number of benzene rings is 7. The van der Waals surface area contributed by atoms with Crippen LogP contribution in [0.1, 0.15) is 0 Å². The molecule has 0 aliphatic carbocycles. The van der Waals surface area contributed by atoms with Gasteiger partial charge < -0.3 is 10.2 Å². The molecule has 9 rings (SSSR count). The molecule has 52 heavy (non-hydrogen) atoms. The van der Waals surface area contributed by atoms with Crippen LogP contribution in [0.2, 0.25) is 0 Å². The van der Waals surface area contributed by atoms with Crippen molar-refractivity contribution in [2.24, 2.45) is 0 Å². The minimum absolute atomic E-state index is 0.590. The predicted molar refractivity (Wildman–Crippen MR) is 212 cm³/mol. The van der Waals surface area contributed by atoms with Crippen molar-refractivity contribution >= 4 is 16.8 Å². The van der Waals surface area contributed by atoms with Gasteiger partial charge in [0.2, 0.25) is 5.89 Å². The quantitative estimate of drug-likeness (QED) is 0.171. The molecule has 0 spiro atoms. The number of hydrogen-bond donors (Lipinski definition) is 1. The predicted octanol–water partition coefficient (Wildman–Crippen LogP) is 11.9. The standard InChI is InChI=1S/C47H32N4O/c48-41-28-27-38(29-40(41)39-17-10-18-44-45(39)51-47(52-44)37-15-8-3-9-16-37)33-21-19-31(20-22-33)32-23-25-35(26-24-32)43-30-42(34-11-4-1-5-12-34)49-46(50-43)36-13-6-2-7-14-36/h1-30H,48H2. The third-order valence-corrected chi connectivity index (χ3v) is 9.34. The van der Waals surface area contributed by atoms with Crippen molar-refractivity contribution in [2.45, 2.75) is 0 Å². The number of aromatic nitrogens is 3. The lowest BCUT2D eigenvalue weighted by Gasteiger charge is -2.11. The van der Waals surface area contributed by atoms with Gasteiger partial charge in [-0.05, 0) is 58.7 Å². The van der Waals surface area contributed by atoms with Gasteiger partial charge in [0, 0.05) is 39.1 Å². The van der Waals surface area contributed by atoms with Gasteiger partial charge in [0.15, 0.2) is 11.4 Å². The first kappa shape index (κ1) is 30.9. The summed E-state index contributed by atoms with van der Waals surface area (Å²) in [6.07, 6.45) is 0. The molecule has 0 aliphatic rings. The van der Waals surface area contributed by atoms with Crippen LogP contribution in [-0.4, -0.2) is 15.0 Å². The summed E-state index contributed by atoms with van der Waals surface area (Å²) < 4.78 is 6.15. The SMILES string of the molecule is Nc1ccc(-c2ccc(-c3ccc(-c4cc(-c5ccccc5)nc(-c5ccccc5)n4)cc3)cc2)cc1-c1cccc2oc(-c3ccccc3)nc12. The maximum absolute atomic E-state index is 6.57. The van der Waals surface area contributed by atoms with Gasteiger partial charge in [0.05, 0.1) is 11.4 Å². The Morgan fingerprint density at radius 3 is 1.48 bits per heavy atom. The molecule has 0 saturated carbocycles. The Bertz CT molecular complexity index is 2590. The second kappa shape index (κ2) is 13.3. The van der Waals surface area contributed by atoms with E-state index in [0.29, 0.717) is 17.4 Å². The van der Waals surface area contributed by atoms with E-state index in [4.69, 9.17) is 25.1 Å². The largest absolute Gasteiger partial charge is 0.436 e. The van der Waals surface area contributed by atoms with Crippen LogP contribution in [-0.2, 0) is 0 Å². The van der Waals surface area contributed by atoms with Gasteiger partial charge in [-0.15, -0.1) is 0 Å².